The first kappa shape index (κ1) is 15.2. The summed E-state index contributed by atoms with van der Waals surface area (Å²) in [5.41, 5.74) is -0.138. The molecule has 0 aliphatic carbocycles. The van der Waals surface area contributed by atoms with Gasteiger partial charge in [0.2, 0.25) is 5.91 Å². The molecule has 110 valence electrons. The fourth-order valence-corrected chi connectivity index (χ4v) is 2.89. The molecule has 20 heavy (non-hydrogen) atoms. The lowest BCUT2D eigenvalue weighted by molar-refractivity contribution is -0.131. The van der Waals surface area contributed by atoms with Gasteiger partial charge in [-0.05, 0) is 37.8 Å². The van der Waals surface area contributed by atoms with Gasteiger partial charge in [-0.1, -0.05) is 6.07 Å². The molecule has 1 amide bonds. The summed E-state index contributed by atoms with van der Waals surface area (Å²) in [5.74, 6) is -0.948. The summed E-state index contributed by atoms with van der Waals surface area (Å²) in [7, 11) is 0. The lowest BCUT2D eigenvalue weighted by Gasteiger charge is -2.24. The lowest BCUT2D eigenvalue weighted by Crippen LogP contribution is -2.36. The third-order valence-electron chi connectivity index (χ3n) is 3.76. The zero-order chi connectivity index (χ0) is 14.5. The van der Waals surface area contributed by atoms with Crippen LogP contribution in [0.5, 0.6) is 0 Å². The number of likely N-dealkylation sites (tertiary alicyclic amines) is 1. The van der Waals surface area contributed by atoms with Crippen LogP contribution < -0.4 is 0 Å². The van der Waals surface area contributed by atoms with Crippen LogP contribution in [0.25, 0.3) is 0 Å². The Kier molecular flexibility index (Phi) is 5.35. The Morgan fingerprint density at radius 1 is 1.35 bits per heavy atom. The molecule has 1 fully saturated rings. The predicted molar refractivity (Wildman–Crippen MR) is 74.8 cm³/mol. The molecule has 1 atom stereocenters. The Labute approximate surface area is 122 Å². The Hall–Kier alpha value is -1.16. The summed E-state index contributed by atoms with van der Waals surface area (Å²) in [6.07, 6.45) is 3.38. The number of amides is 1. The Morgan fingerprint density at radius 3 is 2.70 bits per heavy atom. The number of halogens is 3. The van der Waals surface area contributed by atoms with Crippen LogP contribution in [0, 0.1) is 11.6 Å². The summed E-state index contributed by atoms with van der Waals surface area (Å²) < 4.78 is 27.1. The van der Waals surface area contributed by atoms with E-state index >= 15 is 0 Å². The van der Waals surface area contributed by atoms with Gasteiger partial charge in [-0.25, -0.2) is 8.78 Å². The molecule has 0 bridgehead atoms. The third-order valence-corrected chi connectivity index (χ3v) is 4.03. The smallest absolute Gasteiger partial charge is 0.227 e. The summed E-state index contributed by atoms with van der Waals surface area (Å²) in [4.78, 5) is 14.0. The number of hydrogen-bond donors (Lipinski definition) is 0. The fraction of sp³-hybridized carbons (Fsp3) is 0.533. The highest BCUT2D eigenvalue weighted by Gasteiger charge is 2.29. The minimum absolute atomic E-state index is 0.138. The van der Waals surface area contributed by atoms with Gasteiger partial charge in [-0.3, -0.25) is 4.79 Å². The summed E-state index contributed by atoms with van der Waals surface area (Å²) in [6, 6.07) is 3.83. The number of nitrogens with zero attached hydrogens (tertiary/aromatic N) is 1. The average molecular weight is 302 g/mol. The van der Waals surface area contributed by atoms with Crippen molar-refractivity contribution in [3.8, 4) is 0 Å². The highest BCUT2D eigenvalue weighted by atomic mass is 35.5. The van der Waals surface area contributed by atoms with Gasteiger partial charge in [0.25, 0.3) is 0 Å². The van der Waals surface area contributed by atoms with Crippen molar-refractivity contribution in [3.63, 3.8) is 0 Å². The van der Waals surface area contributed by atoms with Crippen LogP contribution in [0.15, 0.2) is 18.2 Å². The van der Waals surface area contributed by atoms with E-state index in [1.54, 1.807) is 4.90 Å². The zero-order valence-corrected chi connectivity index (χ0v) is 12.0. The lowest BCUT2D eigenvalue weighted by atomic mass is 10.1. The monoisotopic (exact) mass is 301 g/mol. The van der Waals surface area contributed by atoms with E-state index in [0.717, 1.165) is 25.7 Å². The normalized spacial score (nSPS) is 18.6. The molecule has 0 N–H and O–H groups in total. The third kappa shape index (κ3) is 3.48. The summed E-state index contributed by atoms with van der Waals surface area (Å²) in [5, 5.41) is 0. The van der Waals surface area contributed by atoms with Gasteiger partial charge in [0.1, 0.15) is 11.6 Å². The highest BCUT2D eigenvalue weighted by Crippen LogP contribution is 2.23. The zero-order valence-electron chi connectivity index (χ0n) is 11.2. The molecule has 0 aromatic heterocycles. The van der Waals surface area contributed by atoms with Crippen molar-refractivity contribution < 1.29 is 13.6 Å². The van der Waals surface area contributed by atoms with Crippen LogP contribution >= 0.6 is 11.6 Å². The molecule has 0 radical (unpaired) electrons. The van der Waals surface area contributed by atoms with Crippen LogP contribution in [0.2, 0.25) is 0 Å². The number of benzene rings is 1. The number of carbonyl (C=O) groups is 1. The molecular weight excluding hydrogens is 284 g/mol. The SMILES string of the molecule is O=C(Cc1c(F)cccc1F)N1CCCC1CCCCl. The molecule has 5 heteroatoms. The van der Waals surface area contributed by atoms with Gasteiger partial charge in [-0.2, -0.15) is 0 Å². The topological polar surface area (TPSA) is 20.3 Å². The van der Waals surface area contributed by atoms with Crippen LogP contribution in [0.4, 0.5) is 8.78 Å². The van der Waals surface area contributed by atoms with Gasteiger partial charge in [0.05, 0.1) is 6.42 Å². The van der Waals surface area contributed by atoms with Gasteiger partial charge < -0.3 is 4.90 Å². The van der Waals surface area contributed by atoms with E-state index in [-0.39, 0.29) is 23.9 Å². The molecule has 1 aliphatic rings. The van der Waals surface area contributed by atoms with Crippen LogP contribution in [0.3, 0.4) is 0 Å². The van der Waals surface area contributed by atoms with Gasteiger partial charge in [0.15, 0.2) is 0 Å². The summed E-state index contributed by atoms with van der Waals surface area (Å²) in [6.45, 7) is 0.669. The van der Waals surface area contributed by atoms with E-state index in [9.17, 15) is 13.6 Å². The molecule has 2 nitrogen and oxygen atoms in total. The second-order valence-electron chi connectivity index (χ2n) is 5.09. The minimum Gasteiger partial charge on any atom is -0.339 e. The minimum atomic E-state index is -0.658. The summed E-state index contributed by atoms with van der Waals surface area (Å²) >= 11 is 5.68. The molecule has 0 saturated carbocycles. The van der Waals surface area contributed by atoms with Gasteiger partial charge >= 0.3 is 0 Å². The van der Waals surface area contributed by atoms with Crippen molar-refractivity contribution in [2.45, 2.75) is 38.1 Å². The molecule has 1 aromatic rings. The van der Waals surface area contributed by atoms with Crippen molar-refractivity contribution in [2.24, 2.45) is 0 Å². The average Bonchev–Trinajstić information content (AvgIpc) is 2.89. The highest BCUT2D eigenvalue weighted by molar-refractivity contribution is 6.17. The van der Waals surface area contributed by atoms with Crippen molar-refractivity contribution in [2.75, 3.05) is 12.4 Å². The van der Waals surface area contributed by atoms with E-state index in [0.29, 0.717) is 12.4 Å². The molecule has 1 heterocycles. The second-order valence-corrected chi connectivity index (χ2v) is 5.47. The molecule has 1 aliphatic heterocycles. The van der Waals surface area contributed by atoms with E-state index in [4.69, 9.17) is 11.6 Å². The maximum atomic E-state index is 13.6. The maximum Gasteiger partial charge on any atom is 0.227 e. The first-order valence-electron chi connectivity index (χ1n) is 6.92. The number of hydrogen-bond acceptors (Lipinski definition) is 1. The predicted octanol–water partition coefficient (Wildman–Crippen LogP) is 3.52. The number of rotatable bonds is 5. The van der Waals surface area contributed by atoms with Crippen LogP contribution in [-0.2, 0) is 11.2 Å². The second kappa shape index (κ2) is 7.02. The Morgan fingerprint density at radius 2 is 2.05 bits per heavy atom. The standard InChI is InChI=1S/C15H18ClF2NO/c16-8-2-4-11-5-3-9-19(11)15(20)10-12-13(17)6-1-7-14(12)18/h1,6-7,11H,2-5,8-10H2. The van der Waals surface area contributed by atoms with Crippen LogP contribution in [-0.4, -0.2) is 29.3 Å². The van der Waals surface area contributed by atoms with Crippen molar-refractivity contribution in [3.05, 3.63) is 35.4 Å². The molecular formula is C15H18ClF2NO. The quantitative estimate of drug-likeness (QED) is 0.762. The van der Waals surface area contributed by atoms with Gasteiger partial charge in [0, 0.05) is 24.0 Å². The molecule has 1 aromatic carbocycles. The van der Waals surface area contributed by atoms with E-state index in [2.05, 4.69) is 0 Å². The molecule has 1 unspecified atom stereocenters. The first-order valence-corrected chi connectivity index (χ1v) is 7.45. The van der Waals surface area contributed by atoms with E-state index in [1.165, 1.54) is 18.2 Å². The van der Waals surface area contributed by atoms with Crippen molar-refractivity contribution in [1.82, 2.24) is 4.90 Å². The number of alkyl halides is 1. The van der Waals surface area contributed by atoms with Crippen molar-refractivity contribution >= 4 is 17.5 Å². The molecule has 0 spiro atoms. The molecule has 2 rings (SSSR count). The van der Waals surface area contributed by atoms with Gasteiger partial charge in [-0.15, -0.1) is 11.6 Å². The Bertz CT molecular complexity index is 461. The number of carbonyl (C=O) groups excluding carboxylic acids is 1. The van der Waals surface area contributed by atoms with E-state index < -0.39 is 11.6 Å². The van der Waals surface area contributed by atoms with Crippen molar-refractivity contribution in [1.29, 1.82) is 0 Å². The fourth-order valence-electron chi connectivity index (χ4n) is 2.73. The largest absolute Gasteiger partial charge is 0.339 e. The first-order chi connectivity index (χ1) is 9.63. The van der Waals surface area contributed by atoms with E-state index in [1.807, 2.05) is 0 Å². The Balaban J connectivity index is 2.04. The molecule has 1 saturated heterocycles. The maximum absolute atomic E-state index is 13.6. The van der Waals surface area contributed by atoms with Crippen LogP contribution in [0.1, 0.15) is 31.2 Å².